The summed E-state index contributed by atoms with van der Waals surface area (Å²) in [6.45, 7) is 1.87. The van der Waals surface area contributed by atoms with E-state index in [4.69, 9.17) is 11.6 Å². The average molecular weight is 392 g/mol. The molecule has 0 aliphatic carbocycles. The van der Waals surface area contributed by atoms with Crippen molar-refractivity contribution in [2.24, 2.45) is 0 Å². The third-order valence-electron chi connectivity index (χ3n) is 3.93. The molecule has 2 amide bonds. The number of carbonyl (C=O) groups excluding carboxylic acids is 2. The maximum absolute atomic E-state index is 12.4. The highest BCUT2D eigenvalue weighted by atomic mass is 35.5. The lowest BCUT2D eigenvalue weighted by molar-refractivity contribution is -0.122. The molecule has 7 heteroatoms. The van der Waals surface area contributed by atoms with Gasteiger partial charge in [0.05, 0.1) is 18.3 Å². The van der Waals surface area contributed by atoms with Crippen LogP contribution in [0.2, 0.25) is 5.02 Å². The summed E-state index contributed by atoms with van der Waals surface area (Å²) in [5.74, 6) is -0.354. The van der Waals surface area contributed by atoms with E-state index in [0.29, 0.717) is 10.7 Å². The van der Waals surface area contributed by atoms with Gasteiger partial charge in [-0.05, 0) is 56.6 Å². The van der Waals surface area contributed by atoms with Crippen molar-refractivity contribution in [1.82, 2.24) is 4.90 Å². The molecule has 5 nitrogen and oxygen atoms in total. The second kappa shape index (κ2) is 9.62. The molecule has 0 unspecified atom stereocenters. The van der Waals surface area contributed by atoms with Gasteiger partial charge < -0.3 is 10.6 Å². The van der Waals surface area contributed by atoms with Crippen LogP contribution in [0.25, 0.3) is 0 Å². The number of amides is 2. The molecule has 0 saturated carbocycles. The molecule has 2 aromatic carbocycles. The molecule has 0 fully saturated rings. The summed E-state index contributed by atoms with van der Waals surface area (Å²) in [6.07, 6.45) is 1.96. The van der Waals surface area contributed by atoms with Crippen LogP contribution < -0.4 is 10.6 Å². The van der Waals surface area contributed by atoms with Gasteiger partial charge in [0.25, 0.3) is 0 Å². The van der Waals surface area contributed by atoms with Crippen LogP contribution in [0.3, 0.4) is 0 Å². The van der Waals surface area contributed by atoms with Crippen LogP contribution >= 0.6 is 23.4 Å². The van der Waals surface area contributed by atoms with Crippen molar-refractivity contribution < 1.29 is 9.59 Å². The maximum atomic E-state index is 12.4. The fraction of sp³-hybridized carbons (Fsp3) is 0.263. The number of anilines is 2. The molecule has 2 rings (SSSR count). The Labute approximate surface area is 163 Å². The highest BCUT2D eigenvalue weighted by Crippen LogP contribution is 2.24. The van der Waals surface area contributed by atoms with Gasteiger partial charge in [0.15, 0.2) is 0 Å². The molecule has 0 saturated heterocycles. The summed E-state index contributed by atoms with van der Waals surface area (Å²) in [5.41, 5.74) is 1.44. The van der Waals surface area contributed by atoms with Gasteiger partial charge in [-0.2, -0.15) is 0 Å². The smallest absolute Gasteiger partial charge is 0.241 e. The lowest BCUT2D eigenvalue weighted by atomic mass is 10.2. The molecule has 0 spiro atoms. The molecule has 0 aromatic heterocycles. The number of halogens is 1. The number of likely N-dealkylation sites (N-methyl/N-ethyl adjacent to an activating group) is 1. The van der Waals surface area contributed by atoms with E-state index in [2.05, 4.69) is 10.6 Å². The summed E-state index contributed by atoms with van der Waals surface area (Å²) in [6, 6.07) is 14.0. The number of benzene rings is 2. The maximum Gasteiger partial charge on any atom is 0.241 e. The first-order valence-corrected chi connectivity index (χ1v) is 9.70. The predicted octanol–water partition coefficient (Wildman–Crippen LogP) is 3.96. The Balaban J connectivity index is 1.90. The van der Waals surface area contributed by atoms with E-state index in [1.807, 2.05) is 30.5 Å². The topological polar surface area (TPSA) is 61.4 Å². The average Bonchev–Trinajstić information content (AvgIpc) is 2.63. The third kappa shape index (κ3) is 5.76. The number of nitrogens with zero attached hydrogens (tertiary/aromatic N) is 1. The SMILES string of the molecule is CSc1ccccc1NC(=O)CN(C)[C@H](C)C(=O)Nc1ccc(Cl)cc1. The van der Waals surface area contributed by atoms with Gasteiger partial charge in [0.1, 0.15) is 0 Å². The van der Waals surface area contributed by atoms with E-state index in [0.717, 1.165) is 10.6 Å². The first kappa shape index (κ1) is 20.3. The van der Waals surface area contributed by atoms with Crippen LogP contribution in [0.4, 0.5) is 11.4 Å². The molecule has 2 N–H and O–H groups in total. The molecule has 0 radical (unpaired) electrons. The minimum Gasteiger partial charge on any atom is -0.325 e. The predicted molar refractivity (Wildman–Crippen MR) is 109 cm³/mol. The summed E-state index contributed by atoms with van der Waals surface area (Å²) < 4.78 is 0. The van der Waals surface area contributed by atoms with Crippen molar-refractivity contribution in [3.05, 3.63) is 53.6 Å². The lowest BCUT2D eigenvalue weighted by Crippen LogP contribution is -2.43. The van der Waals surface area contributed by atoms with E-state index in [1.54, 1.807) is 54.9 Å². The molecule has 0 bridgehead atoms. The summed E-state index contributed by atoms with van der Waals surface area (Å²) in [4.78, 5) is 27.4. The largest absolute Gasteiger partial charge is 0.325 e. The number of hydrogen-bond acceptors (Lipinski definition) is 4. The molecular formula is C19H22ClN3O2S. The summed E-state index contributed by atoms with van der Waals surface area (Å²) in [7, 11) is 1.74. The van der Waals surface area contributed by atoms with E-state index < -0.39 is 6.04 Å². The minimum atomic E-state index is -0.466. The van der Waals surface area contributed by atoms with Crippen molar-refractivity contribution in [2.75, 3.05) is 30.5 Å². The van der Waals surface area contributed by atoms with Crippen molar-refractivity contribution in [3.63, 3.8) is 0 Å². The Morgan fingerprint density at radius 1 is 1.12 bits per heavy atom. The van der Waals surface area contributed by atoms with Gasteiger partial charge in [0, 0.05) is 15.6 Å². The zero-order valence-electron chi connectivity index (χ0n) is 15.0. The molecular weight excluding hydrogens is 370 g/mol. The first-order chi connectivity index (χ1) is 12.4. The lowest BCUT2D eigenvalue weighted by Gasteiger charge is -2.23. The number of carbonyl (C=O) groups is 2. The van der Waals surface area contributed by atoms with Gasteiger partial charge in [-0.3, -0.25) is 14.5 Å². The molecule has 0 aliphatic rings. The fourth-order valence-electron chi connectivity index (χ4n) is 2.28. The minimum absolute atomic E-state index is 0.109. The number of hydrogen-bond donors (Lipinski definition) is 2. The Morgan fingerprint density at radius 2 is 1.77 bits per heavy atom. The van der Waals surface area contributed by atoms with E-state index in [1.165, 1.54) is 0 Å². The van der Waals surface area contributed by atoms with Gasteiger partial charge >= 0.3 is 0 Å². The normalized spacial score (nSPS) is 11.9. The zero-order valence-corrected chi connectivity index (χ0v) is 16.5. The van der Waals surface area contributed by atoms with Gasteiger partial charge in [0.2, 0.25) is 11.8 Å². The standard InChI is InChI=1S/C19H22ClN3O2S/c1-13(19(25)21-15-10-8-14(20)9-11-15)23(2)12-18(24)22-16-6-4-5-7-17(16)26-3/h4-11,13H,12H2,1-3H3,(H,21,25)(H,22,24)/t13-/m1/s1. The quantitative estimate of drug-likeness (QED) is 0.701. The second-order valence-corrected chi connectivity index (χ2v) is 7.12. The Bertz CT molecular complexity index is 768. The summed E-state index contributed by atoms with van der Waals surface area (Å²) >= 11 is 7.41. The highest BCUT2D eigenvalue weighted by Gasteiger charge is 2.20. The molecule has 1 atom stereocenters. The van der Waals surface area contributed by atoms with Crippen LogP contribution in [0.5, 0.6) is 0 Å². The van der Waals surface area contributed by atoms with Crippen LogP contribution in [-0.2, 0) is 9.59 Å². The monoisotopic (exact) mass is 391 g/mol. The molecule has 26 heavy (non-hydrogen) atoms. The number of nitrogens with one attached hydrogen (secondary N) is 2. The molecule has 138 valence electrons. The van der Waals surface area contributed by atoms with Crippen LogP contribution in [0.15, 0.2) is 53.4 Å². The molecule has 2 aromatic rings. The van der Waals surface area contributed by atoms with Crippen LogP contribution in [-0.4, -0.2) is 42.6 Å². The summed E-state index contributed by atoms with van der Waals surface area (Å²) in [5, 5.41) is 6.32. The Morgan fingerprint density at radius 3 is 2.42 bits per heavy atom. The number of thioether (sulfide) groups is 1. The molecule has 0 heterocycles. The highest BCUT2D eigenvalue weighted by molar-refractivity contribution is 7.98. The zero-order chi connectivity index (χ0) is 19.1. The third-order valence-corrected chi connectivity index (χ3v) is 4.97. The van der Waals surface area contributed by atoms with Crippen molar-refractivity contribution in [3.8, 4) is 0 Å². The van der Waals surface area contributed by atoms with Gasteiger partial charge in [-0.25, -0.2) is 0 Å². The second-order valence-electron chi connectivity index (χ2n) is 5.84. The van der Waals surface area contributed by atoms with E-state index in [-0.39, 0.29) is 18.4 Å². The van der Waals surface area contributed by atoms with Gasteiger partial charge in [-0.15, -0.1) is 11.8 Å². The van der Waals surface area contributed by atoms with Gasteiger partial charge in [-0.1, -0.05) is 23.7 Å². The molecule has 0 aliphatic heterocycles. The first-order valence-electron chi connectivity index (χ1n) is 8.10. The van der Waals surface area contributed by atoms with Crippen molar-refractivity contribution >= 4 is 46.6 Å². The Kier molecular flexibility index (Phi) is 7.50. The Hall–Kier alpha value is -2.02. The van der Waals surface area contributed by atoms with E-state index in [9.17, 15) is 9.59 Å². The number of rotatable bonds is 7. The fourth-order valence-corrected chi connectivity index (χ4v) is 2.96. The number of para-hydroxylation sites is 1. The van der Waals surface area contributed by atoms with Crippen molar-refractivity contribution in [1.29, 1.82) is 0 Å². The van der Waals surface area contributed by atoms with Crippen LogP contribution in [0.1, 0.15) is 6.92 Å². The van der Waals surface area contributed by atoms with Crippen LogP contribution in [0, 0.1) is 0 Å². The van der Waals surface area contributed by atoms with E-state index >= 15 is 0 Å². The van der Waals surface area contributed by atoms with Crippen molar-refractivity contribution in [2.45, 2.75) is 17.9 Å².